The van der Waals surface area contributed by atoms with Crippen molar-refractivity contribution in [1.82, 2.24) is 9.97 Å². The van der Waals surface area contributed by atoms with Crippen LogP contribution in [0.3, 0.4) is 0 Å². The lowest BCUT2D eigenvalue weighted by atomic mass is 10.2. The van der Waals surface area contributed by atoms with Gasteiger partial charge in [0.1, 0.15) is 5.15 Å². The highest BCUT2D eigenvalue weighted by atomic mass is 35.5. The molecule has 2 aromatic heterocycles. The molecule has 1 aromatic carbocycles. The van der Waals surface area contributed by atoms with Crippen molar-refractivity contribution in [3.8, 4) is 10.7 Å². The minimum atomic E-state index is 0.456. The Kier molecular flexibility index (Phi) is 2.98. The molecule has 3 rings (SSSR count). The molecule has 2 heterocycles. The van der Waals surface area contributed by atoms with E-state index in [1.807, 2.05) is 36.6 Å². The third kappa shape index (κ3) is 1.88. The van der Waals surface area contributed by atoms with E-state index in [1.54, 1.807) is 0 Å². The number of hydrogen-bond acceptors (Lipinski definition) is 3. The molecule has 0 bridgehead atoms. The van der Waals surface area contributed by atoms with Crippen molar-refractivity contribution in [1.29, 1.82) is 0 Å². The van der Waals surface area contributed by atoms with Crippen LogP contribution in [0.25, 0.3) is 21.6 Å². The number of aryl methyl sites for hydroxylation is 1. The fourth-order valence-electron chi connectivity index (χ4n) is 1.72. The number of halogens is 2. The number of para-hydroxylation sites is 1. The van der Waals surface area contributed by atoms with Crippen LogP contribution in [0.1, 0.15) is 5.56 Å². The topological polar surface area (TPSA) is 25.8 Å². The number of aromatic nitrogens is 2. The summed E-state index contributed by atoms with van der Waals surface area (Å²) in [6.07, 6.45) is 0. The quantitative estimate of drug-likeness (QED) is 0.592. The van der Waals surface area contributed by atoms with Gasteiger partial charge in [-0.1, -0.05) is 35.3 Å². The SMILES string of the molecule is Cc1csc(-c2nc(Cl)c3ccccc3n2)c1Cl. The van der Waals surface area contributed by atoms with E-state index in [4.69, 9.17) is 23.2 Å². The van der Waals surface area contributed by atoms with Crippen LogP contribution in [0.15, 0.2) is 29.6 Å². The summed E-state index contributed by atoms with van der Waals surface area (Å²) in [6, 6.07) is 7.67. The second kappa shape index (κ2) is 4.50. The van der Waals surface area contributed by atoms with Gasteiger partial charge < -0.3 is 0 Å². The number of rotatable bonds is 1. The Morgan fingerprint density at radius 2 is 1.89 bits per heavy atom. The van der Waals surface area contributed by atoms with Crippen LogP contribution in [0, 0.1) is 6.92 Å². The van der Waals surface area contributed by atoms with Crippen LogP contribution < -0.4 is 0 Å². The molecule has 90 valence electrons. The van der Waals surface area contributed by atoms with Crippen molar-refractivity contribution in [2.75, 3.05) is 0 Å². The molecule has 0 aliphatic heterocycles. The smallest absolute Gasteiger partial charge is 0.173 e. The van der Waals surface area contributed by atoms with Crippen LogP contribution in [0.5, 0.6) is 0 Å². The van der Waals surface area contributed by atoms with Crippen LogP contribution >= 0.6 is 34.5 Å². The molecule has 0 amide bonds. The van der Waals surface area contributed by atoms with E-state index in [9.17, 15) is 0 Å². The second-order valence-electron chi connectivity index (χ2n) is 3.92. The summed E-state index contributed by atoms with van der Waals surface area (Å²) in [5, 5.41) is 4.00. The second-order valence-corrected chi connectivity index (χ2v) is 5.53. The lowest BCUT2D eigenvalue weighted by molar-refractivity contribution is 1.24. The molecule has 0 fully saturated rings. The van der Waals surface area contributed by atoms with E-state index in [0.717, 1.165) is 21.3 Å². The summed E-state index contributed by atoms with van der Waals surface area (Å²) in [7, 11) is 0. The number of benzene rings is 1. The van der Waals surface area contributed by atoms with E-state index >= 15 is 0 Å². The zero-order valence-corrected chi connectivity index (χ0v) is 11.8. The van der Waals surface area contributed by atoms with Gasteiger partial charge in [-0.3, -0.25) is 0 Å². The van der Waals surface area contributed by atoms with E-state index in [1.165, 1.54) is 11.3 Å². The maximum absolute atomic E-state index is 6.23. The molecule has 18 heavy (non-hydrogen) atoms. The molecule has 0 saturated heterocycles. The Bertz CT molecular complexity index is 737. The average Bonchev–Trinajstić information content (AvgIpc) is 2.70. The maximum Gasteiger partial charge on any atom is 0.173 e. The molecule has 0 aliphatic rings. The van der Waals surface area contributed by atoms with Crippen molar-refractivity contribution in [3.05, 3.63) is 45.4 Å². The molecule has 5 heteroatoms. The zero-order chi connectivity index (χ0) is 12.7. The third-order valence-electron chi connectivity index (χ3n) is 2.66. The van der Waals surface area contributed by atoms with Gasteiger partial charge in [-0.25, -0.2) is 9.97 Å². The highest BCUT2D eigenvalue weighted by Gasteiger charge is 2.13. The Hall–Kier alpha value is -1.16. The first-order valence-corrected chi connectivity index (χ1v) is 6.96. The van der Waals surface area contributed by atoms with Gasteiger partial charge in [-0.15, -0.1) is 11.3 Å². The highest BCUT2D eigenvalue weighted by molar-refractivity contribution is 7.14. The fourth-order valence-corrected chi connectivity index (χ4v) is 3.17. The average molecular weight is 295 g/mol. The van der Waals surface area contributed by atoms with Gasteiger partial charge in [0.15, 0.2) is 5.82 Å². The lowest BCUT2D eigenvalue weighted by Crippen LogP contribution is -1.90. The minimum absolute atomic E-state index is 0.456. The third-order valence-corrected chi connectivity index (χ3v) is 4.64. The Morgan fingerprint density at radius 1 is 1.11 bits per heavy atom. The first kappa shape index (κ1) is 11.9. The molecular weight excluding hydrogens is 287 g/mol. The number of hydrogen-bond donors (Lipinski definition) is 0. The van der Waals surface area contributed by atoms with Crippen molar-refractivity contribution in [2.24, 2.45) is 0 Å². The summed E-state index contributed by atoms with van der Waals surface area (Å²) in [4.78, 5) is 9.70. The summed E-state index contributed by atoms with van der Waals surface area (Å²) >= 11 is 13.9. The van der Waals surface area contributed by atoms with Gasteiger partial charge >= 0.3 is 0 Å². The van der Waals surface area contributed by atoms with Crippen LogP contribution in [0.2, 0.25) is 10.2 Å². The molecule has 0 radical (unpaired) electrons. The molecule has 0 N–H and O–H groups in total. The number of fused-ring (bicyclic) bond motifs is 1. The normalized spacial score (nSPS) is 11.1. The van der Waals surface area contributed by atoms with Crippen molar-refractivity contribution in [2.45, 2.75) is 6.92 Å². The van der Waals surface area contributed by atoms with Gasteiger partial charge in [0.25, 0.3) is 0 Å². The van der Waals surface area contributed by atoms with E-state index in [-0.39, 0.29) is 0 Å². The predicted molar refractivity (Wildman–Crippen MR) is 77.6 cm³/mol. The van der Waals surface area contributed by atoms with Crippen LogP contribution in [-0.4, -0.2) is 9.97 Å². The van der Waals surface area contributed by atoms with E-state index in [2.05, 4.69) is 9.97 Å². The molecular formula is C13H8Cl2N2S. The molecule has 0 saturated carbocycles. The Balaban J connectivity index is 2.28. The Morgan fingerprint density at radius 3 is 2.61 bits per heavy atom. The van der Waals surface area contributed by atoms with Gasteiger partial charge in [-0.2, -0.15) is 0 Å². The van der Waals surface area contributed by atoms with Crippen molar-refractivity contribution < 1.29 is 0 Å². The molecule has 0 unspecified atom stereocenters. The molecule has 0 aliphatic carbocycles. The first-order chi connectivity index (χ1) is 8.66. The maximum atomic E-state index is 6.23. The summed E-state index contributed by atoms with van der Waals surface area (Å²) in [5.41, 5.74) is 1.86. The van der Waals surface area contributed by atoms with E-state index in [0.29, 0.717) is 16.0 Å². The van der Waals surface area contributed by atoms with Gasteiger partial charge in [0.05, 0.1) is 15.4 Å². The number of thiophene rings is 1. The lowest BCUT2D eigenvalue weighted by Gasteiger charge is -2.03. The summed E-state index contributed by atoms with van der Waals surface area (Å²) in [6.45, 7) is 1.96. The summed E-state index contributed by atoms with van der Waals surface area (Å²) < 4.78 is 0. The summed E-state index contributed by atoms with van der Waals surface area (Å²) in [5.74, 6) is 0.585. The largest absolute Gasteiger partial charge is 0.227 e. The predicted octanol–water partition coefficient (Wildman–Crippen LogP) is 4.97. The zero-order valence-electron chi connectivity index (χ0n) is 9.45. The number of nitrogens with zero attached hydrogens (tertiary/aromatic N) is 2. The molecule has 3 aromatic rings. The first-order valence-electron chi connectivity index (χ1n) is 5.33. The Labute approximate surface area is 118 Å². The minimum Gasteiger partial charge on any atom is -0.227 e. The standard InChI is InChI=1S/C13H8Cl2N2S/c1-7-6-18-11(10(7)14)13-16-9-5-3-2-4-8(9)12(15)17-13/h2-6H,1H3. The van der Waals surface area contributed by atoms with Crippen LogP contribution in [0.4, 0.5) is 0 Å². The van der Waals surface area contributed by atoms with Gasteiger partial charge in [0.2, 0.25) is 0 Å². The fraction of sp³-hybridized carbons (Fsp3) is 0.0769. The monoisotopic (exact) mass is 294 g/mol. The van der Waals surface area contributed by atoms with Gasteiger partial charge in [0, 0.05) is 5.39 Å². The molecule has 2 nitrogen and oxygen atoms in total. The molecule has 0 atom stereocenters. The van der Waals surface area contributed by atoms with E-state index < -0.39 is 0 Å². The van der Waals surface area contributed by atoms with Crippen molar-refractivity contribution >= 4 is 45.4 Å². The van der Waals surface area contributed by atoms with Crippen LogP contribution in [-0.2, 0) is 0 Å². The van der Waals surface area contributed by atoms with Crippen molar-refractivity contribution in [3.63, 3.8) is 0 Å². The highest BCUT2D eigenvalue weighted by Crippen LogP contribution is 2.35. The molecule has 0 spiro atoms. The van der Waals surface area contributed by atoms with Gasteiger partial charge in [-0.05, 0) is 30.0 Å².